The summed E-state index contributed by atoms with van der Waals surface area (Å²) in [5.41, 5.74) is 0.661. The summed E-state index contributed by atoms with van der Waals surface area (Å²) in [6, 6.07) is 0. The summed E-state index contributed by atoms with van der Waals surface area (Å²) < 4.78 is 0. The van der Waals surface area contributed by atoms with E-state index in [1.54, 1.807) is 12.4 Å². The molecule has 1 aromatic heterocycles. The van der Waals surface area contributed by atoms with Crippen LogP contribution in [0.2, 0.25) is 0 Å². The molecule has 1 saturated heterocycles. The molecule has 0 radical (unpaired) electrons. The minimum Gasteiger partial charge on any atom is -0.481 e. The maximum Gasteiger partial charge on any atom is 0.307 e. The summed E-state index contributed by atoms with van der Waals surface area (Å²) >= 11 is 0. The van der Waals surface area contributed by atoms with Gasteiger partial charge in [-0.25, -0.2) is 9.97 Å². The van der Waals surface area contributed by atoms with E-state index in [9.17, 15) is 4.79 Å². The Kier molecular flexibility index (Phi) is 3.68. The quantitative estimate of drug-likeness (QED) is 0.843. The van der Waals surface area contributed by atoms with E-state index in [0.29, 0.717) is 11.5 Å². The number of nitrogens with zero attached hydrogens (tertiary/aromatic N) is 3. The Morgan fingerprint density at radius 1 is 1.41 bits per heavy atom. The number of aliphatic carboxylic acids is 1. The van der Waals surface area contributed by atoms with Crippen molar-refractivity contribution in [2.24, 2.45) is 0 Å². The number of hydrogen-bond acceptors (Lipinski definition) is 4. The van der Waals surface area contributed by atoms with Gasteiger partial charge in [-0.05, 0) is 38.5 Å². The number of carbonyl (C=O) groups is 1. The van der Waals surface area contributed by atoms with Gasteiger partial charge in [0.05, 0.1) is 6.42 Å². The van der Waals surface area contributed by atoms with Gasteiger partial charge in [-0.1, -0.05) is 0 Å². The highest BCUT2D eigenvalue weighted by molar-refractivity contribution is 5.69. The van der Waals surface area contributed by atoms with Gasteiger partial charge in [0.15, 0.2) is 0 Å². The van der Waals surface area contributed by atoms with Crippen LogP contribution in [-0.4, -0.2) is 46.1 Å². The Hall–Kier alpha value is -1.49. The highest BCUT2D eigenvalue weighted by Gasteiger charge is 2.20. The lowest BCUT2D eigenvalue weighted by atomic mass is 9.96. The van der Waals surface area contributed by atoms with Crippen molar-refractivity contribution in [3.63, 3.8) is 0 Å². The van der Waals surface area contributed by atoms with Crippen LogP contribution in [0.4, 0.5) is 0 Å². The van der Waals surface area contributed by atoms with Crippen LogP contribution < -0.4 is 0 Å². The first kappa shape index (κ1) is 12.0. The topological polar surface area (TPSA) is 66.3 Å². The minimum atomic E-state index is -0.847. The first-order valence-corrected chi connectivity index (χ1v) is 5.86. The van der Waals surface area contributed by atoms with Gasteiger partial charge in [0.25, 0.3) is 0 Å². The van der Waals surface area contributed by atoms with Gasteiger partial charge in [0, 0.05) is 18.3 Å². The molecule has 5 nitrogen and oxygen atoms in total. The Labute approximate surface area is 100 Å². The summed E-state index contributed by atoms with van der Waals surface area (Å²) in [4.78, 5) is 21.4. The first-order valence-electron chi connectivity index (χ1n) is 5.86. The fourth-order valence-electron chi connectivity index (χ4n) is 2.11. The van der Waals surface area contributed by atoms with Gasteiger partial charge in [-0.3, -0.25) is 4.79 Å². The van der Waals surface area contributed by atoms with Crippen LogP contribution in [0.3, 0.4) is 0 Å². The molecule has 0 aliphatic carbocycles. The van der Waals surface area contributed by atoms with Gasteiger partial charge >= 0.3 is 5.97 Å². The van der Waals surface area contributed by atoms with E-state index in [1.807, 2.05) is 0 Å². The van der Waals surface area contributed by atoms with E-state index >= 15 is 0 Å². The molecule has 92 valence electrons. The van der Waals surface area contributed by atoms with Gasteiger partial charge in [0.1, 0.15) is 5.82 Å². The van der Waals surface area contributed by atoms with Crippen LogP contribution in [0.15, 0.2) is 12.4 Å². The van der Waals surface area contributed by atoms with Crippen molar-refractivity contribution in [3.8, 4) is 0 Å². The molecule has 1 N–H and O–H groups in total. The van der Waals surface area contributed by atoms with Crippen LogP contribution in [0.25, 0.3) is 0 Å². The second-order valence-electron chi connectivity index (χ2n) is 4.60. The normalized spacial score (nSPS) is 18.2. The minimum absolute atomic E-state index is 0.00627. The fraction of sp³-hybridized carbons (Fsp3) is 0.583. The van der Waals surface area contributed by atoms with Crippen LogP contribution in [0.5, 0.6) is 0 Å². The molecule has 0 aromatic carbocycles. The molecule has 2 heterocycles. The van der Waals surface area contributed by atoms with Crippen LogP contribution in [0, 0.1) is 0 Å². The molecule has 0 bridgehead atoms. The van der Waals surface area contributed by atoms with Gasteiger partial charge in [-0.2, -0.15) is 0 Å². The summed E-state index contributed by atoms with van der Waals surface area (Å²) in [5, 5.41) is 8.65. The third-order valence-corrected chi connectivity index (χ3v) is 3.16. The van der Waals surface area contributed by atoms with Crippen molar-refractivity contribution in [1.29, 1.82) is 0 Å². The zero-order valence-corrected chi connectivity index (χ0v) is 9.96. The standard InChI is InChI=1S/C12H17N3O2/c1-15-4-2-10(3-5-15)12-13-7-9(8-14-12)6-11(16)17/h7-8,10H,2-6H2,1H3,(H,16,17). The Morgan fingerprint density at radius 2 is 2.00 bits per heavy atom. The second kappa shape index (κ2) is 5.23. The molecular weight excluding hydrogens is 218 g/mol. The molecule has 0 saturated carbocycles. The zero-order valence-electron chi connectivity index (χ0n) is 9.96. The fourth-order valence-corrected chi connectivity index (χ4v) is 2.11. The van der Waals surface area contributed by atoms with E-state index in [1.165, 1.54) is 0 Å². The molecular formula is C12H17N3O2. The molecule has 0 atom stereocenters. The van der Waals surface area contributed by atoms with Gasteiger partial charge < -0.3 is 10.0 Å². The van der Waals surface area contributed by atoms with Crippen molar-refractivity contribution in [3.05, 3.63) is 23.8 Å². The lowest BCUT2D eigenvalue weighted by Gasteiger charge is -2.27. The average molecular weight is 235 g/mol. The third kappa shape index (κ3) is 3.23. The van der Waals surface area contributed by atoms with Crippen molar-refractivity contribution in [1.82, 2.24) is 14.9 Å². The Balaban J connectivity index is 2.00. The zero-order chi connectivity index (χ0) is 12.3. The number of rotatable bonds is 3. The van der Waals surface area contributed by atoms with E-state index < -0.39 is 5.97 Å². The highest BCUT2D eigenvalue weighted by Crippen LogP contribution is 2.24. The van der Waals surface area contributed by atoms with Crippen molar-refractivity contribution < 1.29 is 9.90 Å². The van der Waals surface area contributed by atoms with Crippen molar-refractivity contribution >= 4 is 5.97 Å². The maximum atomic E-state index is 10.5. The summed E-state index contributed by atoms with van der Waals surface area (Å²) in [6.07, 6.45) is 5.42. The summed E-state index contributed by atoms with van der Waals surface area (Å²) in [6.45, 7) is 2.15. The third-order valence-electron chi connectivity index (χ3n) is 3.16. The van der Waals surface area contributed by atoms with Crippen molar-refractivity contribution in [2.75, 3.05) is 20.1 Å². The number of carboxylic acid groups (broad SMARTS) is 1. The van der Waals surface area contributed by atoms with Gasteiger partial charge in [0.2, 0.25) is 0 Å². The monoisotopic (exact) mass is 235 g/mol. The van der Waals surface area contributed by atoms with Gasteiger partial charge in [-0.15, -0.1) is 0 Å². The largest absolute Gasteiger partial charge is 0.481 e. The summed E-state index contributed by atoms with van der Waals surface area (Å²) in [7, 11) is 2.12. The van der Waals surface area contributed by atoms with E-state index in [2.05, 4.69) is 21.9 Å². The van der Waals surface area contributed by atoms with E-state index in [0.717, 1.165) is 31.8 Å². The van der Waals surface area contributed by atoms with Crippen LogP contribution >= 0.6 is 0 Å². The SMILES string of the molecule is CN1CCC(c2ncc(CC(=O)O)cn2)CC1. The summed E-state index contributed by atoms with van der Waals surface area (Å²) in [5.74, 6) is 0.429. The molecule has 0 unspecified atom stereocenters. The maximum absolute atomic E-state index is 10.5. The van der Waals surface area contributed by atoms with E-state index in [4.69, 9.17) is 5.11 Å². The average Bonchev–Trinajstić information content (AvgIpc) is 2.30. The molecule has 1 aliphatic rings. The second-order valence-corrected chi connectivity index (χ2v) is 4.60. The van der Waals surface area contributed by atoms with E-state index in [-0.39, 0.29) is 6.42 Å². The lowest BCUT2D eigenvalue weighted by Crippen LogP contribution is -2.29. The Bertz CT molecular complexity index is 383. The number of aromatic nitrogens is 2. The molecule has 0 spiro atoms. The molecule has 1 aromatic rings. The van der Waals surface area contributed by atoms with Crippen LogP contribution in [-0.2, 0) is 11.2 Å². The molecule has 17 heavy (non-hydrogen) atoms. The van der Waals surface area contributed by atoms with Crippen LogP contribution in [0.1, 0.15) is 30.1 Å². The molecule has 1 aliphatic heterocycles. The first-order chi connectivity index (χ1) is 8.15. The Morgan fingerprint density at radius 3 is 2.53 bits per heavy atom. The molecule has 5 heteroatoms. The molecule has 0 amide bonds. The number of piperidine rings is 1. The molecule has 1 fully saturated rings. The highest BCUT2D eigenvalue weighted by atomic mass is 16.4. The number of likely N-dealkylation sites (tertiary alicyclic amines) is 1. The smallest absolute Gasteiger partial charge is 0.307 e. The number of carboxylic acids is 1. The number of hydrogen-bond donors (Lipinski definition) is 1. The lowest BCUT2D eigenvalue weighted by molar-refractivity contribution is -0.136. The van der Waals surface area contributed by atoms with Crippen molar-refractivity contribution in [2.45, 2.75) is 25.2 Å². The predicted octanol–water partition coefficient (Wildman–Crippen LogP) is 0.913. The predicted molar refractivity (Wildman–Crippen MR) is 62.8 cm³/mol. The molecule has 2 rings (SSSR count).